The second-order valence-corrected chi connectivity index (χ2v) is 8.65. The molecule has 0 bridgehead atoms. The zero-order chi connectivity index (χ0) is 20.3. The highest BCUT2D eigenvalue weighted by Crippen LogP contribution is 2.26. The van der Waals surface area contributed by atoms with Gasteiger partial charge in [0.2, 0.25) is 10.0 Å². The fraction of sp³-hybridized carbons (Fsp3) is 0.350. The summed E-state index contributed by atoms with van der Waals surface area (Å²) in [5.74, 6) is -0.122. The van der Waals surface area contributed by atoms with Crippen LogP contribution in [0.2, 0.25) is 0 Å². The van der Waals surface area contributed by atoms with Crippen molar-refractivity contribution < 1.29 is 22.7 Å². The molecule has 1 saturated heterocycles. The molecule has 150 valence electrons. The van der Waals surface area contributed by atoms with Crippen LogP contribution in [0.4, 0.5) is 5.69 Å². The lowest BCUT2D eigenvalue weighted by atomic mass is 10.1. The monoisotopic (exact) mass is 404 g/mol. The van der Waals surface area contributed by atoms with Gasteiger partial charge in [0, 0.05) is 18.8 Å². The molecule has 7 nitrogen and oxygen atoms in total. The number of amides is 1. The summed E-state index contributed by atoms with van der Waals surface area (Å²) in [6, 6.07) is 10.0. The van der Waals surface area contributed by atoms with Crippen molar-refractivity contribution in [1.29, 1.82) is 0 Å². The molecule has 2 aromatic rings. The van der Waals surface area contributed by atoms with Crippen LogP contribution in [0.25, 0.3) is 0 Å². The number of benzene rings is 2. The summed E-state index contributed by atoms with van der Waals surface area (Å²) in [4.78, 5) is 12.9. The molecule has 0 spiro atoms. The van der Waals surface area contributed by atoms with E-state index < -0.39 is 15.9 Å². The number of carbonyl (C=O) groups is 1. The molecular weight excluding hydrogens is 380 g/mol. The molecule has 1 aliphatic heterocycles. The van der Waals surface area contributed by atoms with Gasteiger partial charge in [0.25, 0.3) is 5.91 Å². The molecule has 1 heterocycles. The number of methoxy groups -OCH3 is 1. The molecule has 0 unspecified atom stereocenters. The van der Waals surface area contributed by atoms with E-state index in [1.165, 1.54) is 29.6 Å². The van der Waals surface area contributed by atoms with Gasteiger partial charge in [0.15, 0.2) is 0 Å². The molecule has 1 fully saturated rings. The van der Waals surface area contributed by atoms with Crippen molar-refractivity contribution in [1.82, 2.24) is 4.31 Å². The summed E-state index contributed by atoms with van der Waals surface area (Å²) in [7, 11) is -2.27. The molecule has 28 heavy (non-hydrogen) atoms. The zero-order valence-corrected chi connectivity index (χ0v) is 17.0. The quantitative estimate of drug-likeness (QED) is 0.828. The molecule has 0 saturated carbocycles. The molecule has 1 aliphatic rings. The molecular formula is C20H24N2O5S. The Morgan fingerprint density at radius 3 is 2.32 bits per heavy atom. The van der Waals surface area contributed by atoms with Crippen molar-refractivity contribution >= 4 is 21.6 Å². The summed E-state index contributed by atoms with van der Waals surface area (Å²) >= 11 is 0. The Kier molecular flexibility index (Phi) is 6.02. The first-order chi connectivity index (χ1) is 13.3. The van der Waals surface area contributed by atoms with Crippen LogP contribution >= 0.6 is 0 Å². The topological polar surface area (TPSA) is 84.9 Å². The number of ether oxygens (including phenoxy) is 2. The Balaban J connectivity index is 1.93. The minimum absolute atomic E-state index is 0.0563. The van der Waals surface area contributed by atoms with Gasteiger partial charge in [0.05, 0.1) is 30.8 Å². The summed E-state index contributed by atoms with van der Waals surface area (Å²) in [6.07, 6.45) is 0. The highest BCUT2D eigenvalue weighted by atomic mass is 32.2. The van der Waals surface area contributed by atoms with Crippen molar-refractivity contribution in [2.24, 2.45) is 0 Å². The minimum atomic E-state index is -3.71. The van der Waals surface area contributed by atoms with Crippen LogP contribution < -0.4 is 10.1 Å². The lowest BCUT2D eigenvalue weighted by Crippen LogP contribution is -2.40. The van der Waals surface area contributed by atoms with Crippen molar-refractivity contribution in [2.45, 2.75) is 18.7 Å². The van der Waals surface area contributed by atoms with Gasteiger partial charge in [-0.05, 0) is 55.3 Å². The zero-order valence-electron chi connectivity index (χ0n) is 16.2. The van der Waals surface area contributed by atoms with Crippen LogP contribution in [0.3, 0.4) is 0 Å². The molecule has 2 aromatic carbocycles. The maximum atomic E-state index is 12.9. The van der Waals surface area contributed by atoms with E-state index in [4.69, 9.17) is 9.47 Å². The van der Waals surface area contributed by atoms with E-state index in [1.54, 1.807) is 0 Å². The number of anilines is 1. The van der Waals surface area contributed by atoms with E-state index in [9.17, 15) is 13.2 Å². The molecule has 1 amide bonds. The van der Waals surface area contributed by atoms with Crippen molar-refractivity contribution in [2.75, 3.05) is 38.7 Å². The summed E-state index contributed by atoms with van der Waals surface area (Å²) in [5, 5.41) is 2.83. The largest absolute Gasteiger partial charge is 0.496 e. The highest BCUT2D eigenvalue weighted by molar-refractivity contribution is 7.89. The second-order valence-electron chi connectivity index (χ2n) is 6.71. The van der Waals surface area contributed by atoms with E-state index in [-0.39, 0.29) is 10.5 Å². The van der Waals surface area contributed by atoms with E-state index in [0.29, 0.717) is 37.7 Å². The number of nitrogens with zero attached hydrogens (tertiary/aromatic N) is 1. The fourth-order valence-electron chi connectivity index (χ4n) is 3.21. The first kappa shape index (κ1) is 20.3. The van der Waals surface area contributed by atoms with Gasteiger partial charge in [0.1, 0.15) is 5.75 Å². The van der Waals surface area contributed by atoms with Crippen molar-refractivity contribution in [3.05, 3.63) is 53.1 Å². The Bertz CT molecular complexity index is 962. The van der Waals surface area contributed by atoms with E-state index in [1.807, 2.05) is 32.0 Å². The van der Waals surface area contributed by atoms with Crippen molar-refractivity contribution in [3.8, 4) is 5.75 Å². The van der Waals surface area contributed by atoms with Gasteiger partial charge in [-0.1, -0.05) is 6.07 Å². The van der Waals surface area contributed by atoms with Gasteiger partial charge < -0.3 is 14.8 Å². The molecule has 3 rings (SSSR count). The van der Waals surface area contributed by atoms with E-state index in [0.717, 1.165) is 11.1 Å². The molecule has 0 aromatic heterocycles. The van der Waals surface area contributed by atoms with Crippen LogP contribution in [0.15, 0.2) is 41.3 Å². The summed E-state index contributed by atoms with van der Waals surface area (Å²) < 4.78 is 37.7. The van der Waals surface area contributed by atoms with Gasteiger partial charge in [-0.15, -0.1) is 0 Å². The SMILES string of the molecule is COc1ccc(S(=O)(=O)N2CCOCC2)cc1C(=O)Nc1cc(C)cc(C)c1. The summed E-state index contributed by atoms with van der Waals surface area (Å²) in [6.45, 7) is 5.18. The number of morpholine rings is 1. The van der Waals surface area contributed by atoms with Crippen LogP contribution in [-0.4, -0.2) is 52.0 Å². The van der Waals surface area contributed by atoms with Gasteiger partial charge in [-0.25, -0.2) is 8.42 Å². The maximum Gasteiger partial charge on any atom is 0.259 e. The molecule has 8 heteroatoms. The lowest BCUT2D eigenvalue weighted by Gasteiger charge is -2.26. The number of hydrogen-bond acceptors (Lipinski definition) is 5. The van der Waals surface area contributed by atoms with Crippen LogP contribution in [-0.2, 0) is 14.8 Å². The van der Waals surface area contributed by atoms with Gasteiger partial charge >= 0.3 is 0 Å². The number of carbonyl (C=O) groups excluding carboxylic acids is 1. The maximum absolute atomic E-state index is 12.9. The second kappa shape index (κ2) is 8.30. The first-order valence-corrected chi connectivity index (χ1v) is 10.4. The minimum Gasteiger partial charge on any atom is -0.496 e. The Morgan fingerprint density at radius 2 is 1.71 bits per heavy atom. The van der Waals surface area contributed by atoms with Gasteiger partial charge in [-0.2, -0.15) is 4.31 Å². The molecule has 0 radical (unpaired) electrons. The predicted octanol–water partition coefficient (Wildman–Crippen LogP) is 2.59. The van der Waals surface area contributed by atoms with Crippen LogP contribution in [0, 0.1) is 13.8 Å². The smallest absolute Gasteiger partial charge is 0.259 e. The Labute approximate surface area is 165 Å². The third-order valence-electron chi connectivity index (χ3n) is 4.50. The third-order valence-corrected chi connectivity index (χ3v) is 6.40. The number of hydrogen-bond donors (Lipinski definition) is 1. The molecule has 1 N–H and O–H groups in total. The van der Waals surface area contributed by atoms with E-state index >= 15 is 0 Å². The van der Waals surface area contributed by atoms with Crippen molar-refractivity contribution in [3.63, 3.8) is 0 Å². The predicted molar refractivity (Wildman–Crippen MR) is 106 cm³/mol. The standard InChI is InChI=1S/C20H24N2O5S/c1-14-10-15(2)12-16(11-14)21-20(23)18-13-17(4-5-19(18)26-3)28(24,25)22-6-8-27-9-7-22/h4-5,10-13H,6-9H2,1-3H3,(H,21,23). The fourth-order valence-corrected chi connectivity index (χ4v) is 4.64. The van der Waals surface area contributed by atoms with Crippen LogP contribution in [0.5, 0.6) is 5.75 Å². The average molecular weight is 404 g/mol. The third kappa shape index (κ3) is 4.35. The van der Waals surface area contributed by atoms with Gasteiger partial charge in [-0.3, -0.25) is 4.79 Å². The Morgan fingerprint density at radius 1 is 1.07 bits per heavy atom. The molecule has 0 aliphatic carbocycles. The number of sulfonamides is 1. The number of rotatable bonds is 5. The first-order valence-electron chi connectivity index (χ1n) is 8.97. The Hall–Kier alpha value is -2.42. The van der Waals surface area contributed by atoms with E-state index in [2.05, 4.69) is 5.32 Å². The molecule has 0 atom stereocenters. The summed E-state index contributed by atoms with van der Waals surface area (Å²) in [5.41, 5.74) is 2.85. The highest BCUT2D eigenvalue weighted by Gasteiger charge is 2.28. The number of nitrogens with one attached hydrogen (secondary N) is 1. The van der Waals surface area contributed by atoms with Crippen LogP contribution in [0.1, 0.15) is 21.5 Å². The number of aryl methyl sites for hydroxylation is 2. The lowest BCUT2D eigenvalue weighted by molar-refractivity contribution is 0.0730. The normalized spacial score (nSPS) is 15.2. The average Bonchev–Trinajstić information content (AvgIpc) is 2.67.